The van der Waals surface area contributed by atoms with Gasteiger partial charge < -0.3 is 4.74 Å². The molecule has 2 aliphatic rings. The predicted molar refractivity (Wildman–Crippen MR) is 121 cm³/mol. The lowest BCUT2D eigenvalue weighted by molar-refractivity contribution is 0.377. The quantitative estimate of drug-likeness (QED) is 0.496. The van der Waals surface area contributed by atoms with Gasteiger partial charge in [0, 0.05) is 16.5 Å². The maximum atomic E-state index is 6.11. The summed E-state index contributed by atoms with van der Waals surface area (Å²) < 4.78 is 6.11. The smallest absolute Gasteiger partial charge is 0.126 e. The number of rotatable bonds is 4. The Bertz CT molecular complexity index is 765. The van der Waals surface area contributed by atoms with Crippen LogP contribution in [0, 0.1) is 6.92 Å². The van der Waals surface area contributed by atoms with Gasteiger partial charge in [-0.25, -0.2) is 0 Å². The molecule has 0 bridgehead atoms. The first-order chi connectivity index (χ1) is 12.5. The van der Waals surface area contributed by atoms with Crippen LogP contribution in [0.2, 0.25) is 25.2 Å². The molecule has 1 atom stereocenters. The van der Waals surface area contributed by atoms with Crippen molar-refractivity contribution in [2.75, 3.05) is 7.11 Å². The Balaban J connectivity index is 2.20. The largest absolute Gasteiger partial charge is 0.496 e. The van der Waals surface area contributed by atoms with Gasteiger partial charge in [0.05, 0.1) is 15.2 Å². The molecule has 0 radical (unpaired) electrons. The summed E-state index contributed by atoms with van der Waals surface area (Å²) >= 11 is 0. The highest BCUT2D eigenvalue weighted by atomic mass is 28.3. The van der Waals surface area contributed by atoms with E-state index >= 15 is 0 Å². The zero-order chi connectivity index (χ0) is 20.0. The second-order valence-electron chi connectivity index (χ2n) is 10.8. The molecule has 1 unspecified atom stereocenters. The molecule has 0 aliphatic heterocycles. The topological polar surface area (TPSA) is 9.23 Å². The van der Waals surface area contributed by atoms with Crippen molar-refractivity contribution in [3.8, 4) is 5.75 Å². The van der Waals surface area contributed by atoms with Gasteiger partial charge in [-0.3, -0.25) is 0 Å². The van der Waals surface area contributed by atoms with Gasteiger partial charge in [-0.2, -0.15) is 0 Å². The molecule has 1 fully saturated rings. The van der Waals surface area contributed by atoms with Crippen molar-refractivity contribution >= 4 is 8.07 Å². The van der Waals surface area contributed by atoms with E-state index in [2.05, 4.69) is 77.7 Å². The van der Waals surface area contributed by atoms with Gasteiger partial charge >= 0.3 is 0 Å². The van der Waals surface area contributed by atoms with E-state index in [1.54, 1.807) is 5.57 Å². The van der Waals surface area contributed by atoms with Crippen molar-refractivity contribution in [1.29, 1.82) is 0 Å². The van der Waals surface area contributed by atoms with Gasteiger partial charge in [-0.1, -0.05) is 89.2 Å². The predicted octanol–water partition coefficient (Wildman–Crippen LogP) is 7.32. The lowest BCUT2D eigenvalue weighted by Gasteiger charge is -2.35. The Hall–Kier alpha value is -1.28. The molecule has 3 rings (SSSR count). The van der Waals surface area contributed by atoms with Gasteiger partial charge in [-0.15, -0.1) is 0 Å². The van der Waals surface area contributed by atoms with Crippen molar-refractivity contribution in [3.05, 3.63) is 52.6 Å². The lowest BCUT2D eigenvalue weighted by atomic mass is 9.70. The summed E-state index contributed by atoms with van der Waals surface area (Å²) in [6, 6.07) is 4.74. The van der Waals surface area contributed by atoms with Crippen LogP contribution in [0.25, 0.3) is 0 Å². The zero-order valence-electron chi connectivity index (χ0n) is 18.7. The third kappa shape index (κ3) is 3.70. The van der Waals surface area contributed by atoms with Crippen LogP contribution in [0.15, 0.2) is 35.9 Å². The van der Waals surface area contributed by atoms with Crippen LogP contribution in [0.4, 0.5) is 0 Å². The minimum Gasteiger partial charge on any atom is -0.496 e. The summed E-state index contributed by atoms with van der Waals surface area (Å²) in [5.41, 5.74) is 6.54. The molecule has 0 aromatic heterocycles. The molecule has 27 heavy (non-hydrogen) atoms. The summed E-state index contributed by atoms with van der Waals surface area (Å²) in [6.07, 6.45) is 12.6. The van der Waals surface area contributed by atoms with E-state index in [1.165, 1.54) is 42.4 Å². The van der Waals surface area contributed by atoms with Gasteiger partial charge in [-0.05, 0) is 36.3 Å². The van der Waals surface area contributed by atoms with Crippen molar-refractivity contribution in [1.82, 2.24) is 0 Å². The number of ether oxygens (including phenoxy) is 1. The number of methoxy groups -OCH3 is 1. The van der Waals surface area contributed by atoms with Crippen LogP contribution in [-0.4, -0.2) is 15.2 Å². The van der Waals surface area contributed by atoms with E-state index in [4.69, 9.17) is 4.74 Å². The van der Waals surface area contributed by atoms with Crippen LogP contribution in [0.3, 0.4) is 0 Å². The van der Waals surface area contributed by atoms with Crippen LogP contribution in [-0.2, 0) is 10.8 Å². The lowest BCUT2D eigenvalue weighted by Crippen LogP contribution is -2.28. The molecule has 0 N–H and O–H groups in total. The molecular formula is C25H38OSi. The van der Waals surface area contributed by atoms with Crippen molar-refractivity contribution in [2.24, 2.45) is 0 Å². The Morgan fingerprint density at radius 3 is 2.19 bits per heavy atom. The van der Waals surface area contributed by atoms with Gasteiger partial charge in [0.15, 0.2) is 0 Å². The number of allylic oxidation sites excluding steroid dienone is 4. The van der Waals surface area contributed by atoms with E-state index < -0.39 is 8.07 Å². The molecule has 0 spiro atoms. The third-order valence-electron chi connectivity index (χ3n) is 6.61. The molecule has 1 saturated carbocycles. The van der Waals surface area contributed by atoms with Crippen LogP contribution < -0.4 is 4.74 Å². The highest BCUT2D eigenvalue weighted by molar-refractivity contribution is 6.78. The monoisotopic (exact) mass is 382 g/mol. The summed E-state index contributed by atoms with van der Waals surface area (Å²) in [7, 11) is 0.638. The number of benzene rings is 1. The van der Waals surface area contributed by atoms with E-state index in [0.29, 0.717) is 5.54 Å². The Labute approximate surface area is 167 Å². The van der Waals surface area contributed by atoms with Gasteiger partial charge in [0.1, 0.15) is 5.75 Å². The highest BCUT2D eigenvalue weighted by Gasteiger charge is 2.43. The van der Waals surface area contributed by atoms with E-state index in [1.807, 2.05) is 7.11 Å². The SMILES string of the molecule is COc1c(C(C)(C)C)cc(C)cc1C1(C2=CC([Si](C)(C)C)C=C2)CCCC1. The summed E-state index contributed by atoms with van der Waals surface area (Å²) in [6.45, 7) is 16.6. The first-order valence-electron chi connectivity index (χ1n) is 10.6. The molecule has 1 aromatic rings. The van der Waals surface area contributed by atoms with E-state index in [9.17, 15) is 0 Å². The molecule has 0 heterocycles. The average Bonchev–Trinajstić information content (AvgIpc) is 3.22. The van der Waals surface area contributed by atoms with E-state index in [-0.39, 0.29) is 10.8 Å². The average molecular weight is 383 g/mol. The molecule has 2 aliphatic carbocycles. The summed E-state index contributed by atoms with van der Waals surface area (Å²) in [5.74, 6) is 1.13. The molecular weight excluding hydrogens is 344 g/mol. The fraction of sp³-hybridized carbons (Fsp3) is 0.600. The fourth-order valence-corrected chi connectivity index (χ4v) is 6.32. The van der Waals surface area contributed by atoms with E-state index in [0.717, 1.165) is 5.75 Å². The van der Waals surface area contributed by atoms with Gasteiger partial charge in [0.25, 0.3) is 0 Å². The van der Waals surface area contributed by atoms with Crippen LogP contribution in [0.1, 0.15) is 63.1 Å². The fourth-order valence-electron chi connectivity index (χ4n) is 4.97. The normalized spacial score (nSPS) is 22.2. The van der Waals surface area contributed by atoms with Crippen LogP contribution >= 0.6 is 0 Å². The van der Waals surface area contributed by atoms with Crippen molar-refractivity contribution in [3.63, 3.8) is 0 Å². The Kier molecular flexibility index (Phi) is 5.27. The number of hydrogen-bond acceptors (Lipinski definition) is 1. The molecule has 148 valence electrons. The minimum absolute atomic E-state index is 0.0761. The van der Waals surface area contributed by atoms with Crippen molar-refractivity contribution < 1.29 is 4.74 Å². The van der Waals surface area contributed by atoms with Gasteiger partial charge in [0.2, 0.25) is 0 Å². The Morgan fingerprint density at radius 1 is 1.07 bits per heavy atom. The van der Waals surface area contributed by atoms with Crippen molar-refractivity contribution in [2.45, 2.75) is 89.4 Å². The molecule has 1 aromatic carbocycles. The zero-order valence-corrected chi connectivity index (χ0v) is 19.7. The Morgan fingerprint density at radius 2 is 1.70 bits per heavy atom. The highest BCUT2D eigenvalue weighted by Crippen LogP contribution is 2.54. The standard InChI is InChI=1S/C25H38OSi/c1-18-15-21(24(2,3)4)23(26-5)22(16-18)25(13-9-10-14-25)19-11-12-20(17-19)27(6,7)8/h11-12,15-17,20H,9-10,13-14H2,1-8H3. The third-order valence-corrected chi connectivity index (χ3v) is 8.97. The molecule has 0 amide bonds. The summed E-state index contributed by atoms with van der Waals surface area (Å²) in [5, 5.41) is 0. The second kappa shape index (κ2) is 6.95. The van der Waals surface area contributed by atoms with Crippen LogP contribution in [0.5, 0.6) is 5.75 Å². The number of aryl methyl sites for hydroxylation is 1. The summed E-state index contributed by atoms with van der Waals surface area (Å²) in [4.78, 5) is 0. The second-order valence-corrected chi connectivity index (χ2v) is 16.2. The molecule has 1 nitrogen and oxygen atoms in total. The number of hydrogen-bond donors (Lipinski definition) is 0. The maximum absolute atomic E-state index is 6.11. The first-order valence-corrected chi connectivity index (χ1v) is 14.2. The molecule has 0 saturated heterocycles. The maximum Gasteiger partial charge on any atom is 0.126 e. The molecule has 2 heteroatoms. The first kappa shape index (κ1) is 20.5. The minimum atomic E-state index is -1.22.